The van der Waals surface area contributed by atoms with Crippen LogP contribution in [0.2, 0.25) is 0 Å². The molecule has 16 heteroatoms. The van der Waals surface area contributed by atoms with E-state index in [2.05, 4.69) is 29.8 Å². The van der Waals surface area contributed by atoms with E-state index in [1.807, 2.05) is 0 Å². The molecule has 0 saturated carbocycles. The largest absolute Gasteiger partial charge is 0.480 e. The molecule has 1 heterocycles. The van der Waals surface area contributed by atoms with Crippen molar-refractivity contribution in [2.45, 2.75) is 39.3 Å². The third kappa shape index (κ3) is 14.0. The summed E-state index contributed by atoms with van der Waals surface area (Å²) in [7, 11) is 0. The van der Waals surface area contributed by atoms with Crippen molar-refractivity contribution >= 4 is 35.6 Å². The predicted molar refractivity (Wildman–Crippen MR) is 169 cm³/mol. The van der Waals surface area contributed by atoms with Crippen molar-refractivity contribution in [2.75, 3.05) is 102 Å². The summed E-state index contributed by atoms with van der Waals surface area (Å²) in [4.78, 5) is 77.5. The number of anilines is 2. The van der Waals surface area contributed by atoms with Crippen molar-refractivity contribution in [2.24, 2.45) is 5.92 Å². The highest BCUT2D eigenvalue weighted by molar-refractivity contribution is 5.74. The fraction of sp³-hybridized carbons (Fsp3) is 0.724. The van der Waals surface area contributed by atoms with Crippen molar-refractivity contribution in [3.63, 3.8) is 0 Å². The maximum absolute atomic E-state index is 12.2. The van der Waals surface area contributed by atoms with Crippen molar-refractivity contribution < 1.29 is 34.5 Å². The molecule has 1 aliphatic heterocycles. The van der Waals surface area contributed by atoms with E-state index in [4.69, 9.17) is 0 Å². The number of nitrogens with one attached hydrogen (secondary N) is 3. The lowest BCUT2D eigenvalue weighted by Gasteiger charge is -2.35. The summed E-state index contributed by atoms with van der Waals surface area (Å²) in [5.41, 5.74) is -0.639. The highest BCUT2D eigenvalue weighted by Crippen LogP contribution is 2.14. The molecule has 254 valence electrons. The molecule has 1 unspecified atom stereocenters. The maximum atomic E-state index is 12.2. The number of rotatable bonds is 19. The SMILES string of the molecule is CC(C)CCCCNc1c(NCCNC(C=O)N2CCN(CC(=O)O)CCN(CC(=O)O)CCN(CC(=O)O)CC2)c(=O)c1=O. The van der Waals surface area contributed by atoms with Crippen LogP contribution in [0.1, 0.15) is 33.1 Å². The number of unbranched alkanes of at least 4 members (excludes halogenated alkanes) is 1. The van der Waals surface area contributed by atoms with Crippen LogP contribution in [0.25, 0.3) is 0 Å². The summed E-state index contributed by atoms with van der Waals surface area (Å²) in [6.07, 6.45) is 2.90. The Morgan fingerprint density at radius 3 is 1.51 bits per heavy atom. The Balaban J connectivity index is 2.03. The van der Waals surface area contributed by atoms with E-state index >= 15 is 0 Å². The van der Waals surface area contributed by atoms with E-state index in [1.54, 1.807) is 19.6 Å². The van der Waals surface area contributed by atoms with Gasteiger partial charge in [0.2, 0.25) is 0 Å². The molecule has 16 nitrogen and oxygen atoms in total. The lowest BCUT2D eigenvalue weighted by atomic mass is 10.1. The molecule has 1 aromatic carbocycles. The van der Waals surface area contributed by atoms with Crippen LogP contribution < -0.4 is 26.8 Å². The van der Waals surface area contributed by atoms with Crippen molar-refractivity contribution in [1.82, 2.24) is 24.9 Å². The van der Waals surface area contributed by atoms with Crippen LogP contribution in [0.5, 0.6) is 0 Å². The van der Waals surface area contributed by atoms with E-state index in [-0.39, 0.29) is 96.5 Å². The van der Waals surface area contributed by atoms with Gasteiger partial charge in [-0.3, -0.25) is 48.9 Å². The topological polar surface area (TPSA) is 212 Å². The first-order chi connectivity index (χ1) is 21.4. The number of hydrogen-bond acceptors (Lipinski definition) is 13. The van der Waals surface area contributed by atoms with Gasteiger partial charge in [-0.25, -0.2) is 0 Å². The smallest absolute Gasteiger partial charge is 0.317 e. The first kappa shape index (κ1) is 37.7. The van der Waals surface area contributed by atoms with E-state index in [1.165, 1.54) is 0 Å². The zero-order valence-electron chi connectivity index (χ0n) is 26.3. The van der Waals surface area contributed by atoms with Crippen LogP contribution in [-0.2, 0) is 19.2 Å². The van der Waals surface area contributed by atoms with Gasteiger partial charge in [0, 0.05) is 72.0 Å². The molecule has 1 aliphatic rings. The van der Waals surface area contributed by atoms with Gasteiger partial charge < -0.3 is 30.7 Å². The van der Waals surface area contributed by atoms with Gasteiger partial charge in [-0.2, -0.15) is 0 Å². The second-order valence-electron chi connectivity index (χ2n) is 11.7. The van der Waals surface area contributed by atoms with Gasteiger partial charge in [0.05, 0.1) is 19.6 Å². The van der Waals surface area contributed by atoms with Gasteiger partial charge in [-0.15, -0.1) is 0 Å². The average molecular weight is 640 g/mol. The molecule has 1 saturated heterocycles. The lowest BCUT2D eigenvalue weighted by molar-refractivity contribution is -0.140. The Labute approximate surface area is 263 Å². The number of nitrogens with zero attached hydrogens (tertiary/aromatic N) is 4. The highest BCUT2D eigenvalue weighted by atomic mass is 16.4. The molecule has 0 radical (unpaired) electrons. The van der Waals surface area contributed by atoms with Crippen LogP contribution in [-0.4, -0.2) is 157 Å². The first-order valence-corrected chi connectivity index (χ1v) is 15.5. The van der Waals surface area contributed by atoms with E-state index in [9.17, 15) is 44.1 Å². The number of aldehydes is 1. The van der Waals surface area contributed by atoms with Crippen LogP contribution in [0, 0.1) is 5.92 Å². The van der Waals surface area contributed by atoms with Crippen LogP contribution in [0.3, 0.4) is 0 Å². The van der Waals surface area contributed by atoms with Crippen molar-refractivity contribution in [1.29, 1.82) is 0 Å². The molecular formula is C29H49N7O9. The fourth-order valence-corrected chi connectivity index (χ4v) is 5.17. The van der Waals surface area contributed by atoms with E-state index in [0.29, 0.717) is 18.7 Å². The predicted octanol–water partition coefficient (Wildman–Crippen LogP) is -1.48. The quantitative estimate of drug-likeness (QED) is 0.0579. The second kappa shape index (κ2) is 19.8. The molecule has 0 spiro atoms. The Hall–Kier alpha value is -3.44. The Bertz CT molecular complexity index is 1140. The zero-order valence-corrected chi connectivity index (χ0v) is 26.3. The average Bonchev–Trinajstić information content (AvgIpc) is 2.96. The summed E-state index contributed by atoms with van der Waals surface area (Å²) in [5.74, 6) is -2.51. The number of carboxylic acids is 3. The van der Waals surface area contributed by atoms with Gasteiger partial charge >= 0.3 is 17.9 Å². The normalized spacial score (nSPS) is 17.4. The summed E-state index contributed by atoms with van der Waals surface area (Å²) < 4.78 is 0. The molecular weight excluding hydrogens is 590 g/mol. The summed E-state index contributed by atoms with van der Waals surface area (Å²) in [6.45, 7) is 6.78. The third-order valence-electron chi connectivity index (χ3n) is 7.67. The minimum atomic E-state index is -1.04. The molecule has 0 amide bonds. The van der Waals surface area contributed by atoms with Gasteiger partial charge in [0.1, 0.15) is 17.5 Å². The summed E-state index contributed by atoms with van der Waals surface area (Å²) in [5, 5.41) is 37.3. The van der Waals surface area contributed by atoms with Gasteiger partial charge in [0.25, 0.3) is 10.9 Å². The molecule has 2 rings (SSSR count). The second-order valence-corrected chi connectivity index (χ2v) is 11.7. The lowest BCUT2D eigenvalue weighted by Crippen LogP contribution is -2.54. The first-order valence-electron chi connectivity index (χ1n) is 15.5. The molecule has 0 aromatic heterocycles. The molecule has 0 bridgehead atoms. The van der Waals surface area contributed by atoms with Crippen LogP contribution in [0.4, 0.5) is 11.4 Å². The number of carboxylic acid groups (broad SMARTS) is 3. The molecule has 1 atom stereocenters. The Morgan fingerprint density at radius 1 is 0.689 bits per heavy atom. The van der Waals surface area contributed by atoms with E-state index in [0.717, 1.165) is 19.3 Å². The van der Waals surface area contributed by atoms with Gasteiger partial charge in [-0.05, 0) is 12.3 Å². The summed E-state index contributed by atoms with van der Waals surface area (Å²) in [6, 6.07) is 0. The molecule has 1 aromatic rings. The number of carbonyl (C=O) groups is 4. The fourth-order valence-electron chi connectivity index (χ4n) is 5.17. The highest BCUT2D eigenvalue weighted by Gasteiger charge is 2.24. The number of carbonyl (C=O) groups excluding carboxylic acids is 1. The monoisotopic (exact) mass is 639 g/mol. The molecule has 1 fully saturated rings. The van der Waals surface area contributed by atoms with Crippen molar-refractivity contribution in [3.05, 3.63) is 20.4 Å². The van der Waals surface area contributed by atoms with Crippen molar-refractivity contribution in [3.8, 4) is 0 Å². The van der Waals surface area contributed by atoms with E-state index < -0.39 is 34.9 Å². The minimum Gasteiger partial charge on any atom is -0.480 e. The number of aliphatic carboxylic acids is 3. The van der Waals surface area contributed by atoms with Crippen LogP contribution >= 0.6 is 0 Å². The standard InChI is InChI=1S/C29H49N7O9/c1-21(2)5-3-4-6-31-26-27(29(45)28(26)44)32-8-7-30-22(20-37)36-15-13-34(18-24(40)41)11-9-33(17-23(38)39)10-12-35(14-16-36)19-25(42)43/h20-22,30-32H,3-19H2,1-2H3,(H,38,39)(H,40,41)(H,42,43). The third-order valence-corrected chi connectivity index (χ3v) is 7.67. The van der Waals surface area contributed by atoms with Gasteiger partial charge in [-0.1, -0.05) is 26.7 Å². The summed E-state index contributed by atoms with van der Waals surface area (Å²) >= 11 is 0. The zero-order chi connectivity index (χ0) is 33.4. The molecule has 45 heavy (non-hydrogen) atoms. The Morgan fingerprint density at radius 2 is 1.11 bits per heavy atom. The maximum Gasteiger partial charge on any atom is 0.317 e. The molecule has 0 aliphatic carbocycles. The Kier molecular flexibility index (Phi) is 16.6. The number of hydrogen-bond donors (Lipinski definition) is 6. The molecule has 6 N–H and O–H groups in total. The van der Waals surface area contributed by atoms with Gasteiger partial charge in [0.15, 0.2) is 6.29 Å². The minimum absolute atomic E-state index is 0.227. The van der Waals surface area contributed by atoms with Crippen LogP contribution in [0.15, 0.2) is 9.59 Å².